The van der Waals surface area contributed by atoms with Gasteiger partial charge in [0.05, 0.1) is 6.10 Å². The lowest BCUT2D eigenvalue weighted by Crippen LogP contribution is -2.45. The molecule has 2 atom stereocenters. The van der Waals surface area contributed by atoms with Crippen molar-refractivity contribution in [1.29, 1.82) is 0 Å². The summed E-state index contributed by atoms with van der Waals surface area (Å²) in [4.78, 5) is 0. The van der Waals surface area contributed by atoms with E-state index in [0.29, 0.717) is 0 Å². The molecule has 1 saturated carbocycles. The molecule has 0 aromatic heterocycles. The van der Waals surface area contributed by atoms with Gasteiger partial charge in [0.15, 0.2) is 0 Å². The van der Waals surface area contributed by atoms with Crippen molar-refractivity contribution in [2.24, 2.45) is 5.84 Å². The molecule has 3 heteroatoms. The first-order chi connectivity index (χ1) is 4.34. The lowest BCUT2D eigenvalue weighted by molar-refractivity contribution is 0.0913. The molecule has 0 aromatic rings. The molecule has 0 amide bonds. The first kappa shape index (κ1) is 6.99. The fraction of sp³-hybridized carbons (Fsp3) is 1.00. The molecule has 54 valence electrons. The summed E-state index contributed by atoms with van der Waals surface area (Å²) in [5, 5.41) is 9.23. The van der Waals surface area contributed by atoms with Crippen molar-refractivity contribution in [3.63, 3.8) is 0 Å². The topological polar surface area (TPSA) is 58.3 Å². The van der Waals surface area contributed by atoms with Gasteiger partial charge in [0.1, 0.15) is 0 Å². The lowest BCUT2D eigenvalue weighted by Gasteiger charge is -2.26. The molecule has 0 spiro atoms. The van der Waals surface area contributed by atoms with Crippen LogP contribution in [-0.2, 0) is 0 Å². The Labute approximate surface area is 55.2 Å². The number of aliphatic hydroxyl groups is 1. The summed E-state index contributed by atoms with van der Waals surface area (Å²) >= 11 is 0. The van der Waals surface area contributed by atoms with Crippen molar-refractivity contribution >= 4 is 0 Å². The Hall–Kier alpha value is -0.120. The summed E-state index contributed by atoms with van der Waals surface area (Å²) < 4.78 is 0. The SMILES string of the molecule is NN[C@H]1CCCC[C@@H]1O. The third-order valence-corrected chi connectivity index (χ3v) is 1.94. The molecule has 0 aliphatic heterocycles. The Morgan fingerprint density at radius 3 is 2.44 bits per heavy atom. The Kier molecular flexibility index (Phi) is 2.45. The van der Waals surface area contributed by atoms with Crippen molar-refractivity contribution in [2.45, 2.75) is 37.8 Å². The Morgan fingerprint density at radius 2 is 2.00 bits per heavy atom. The van der Waals surface area contributed by atoms with Crippen LogP contribution in [0, 0.1) is 0 Å². The molecular formula is C6H14N2O. The van der Waals surface area contributed by atoms with Crippen LogP contribution in [0.1, 0.15) is 25.7 Å². The predicted octanol–water partition coefficient (Wildman–Crippen LogP) is -0.247. The molecule has 1 aliphatic carbocycles. The third-order valence-electron chi connectivity index (χ3n) is 1.94. The van der Waals surface area contributed by atoms with Gasteiger partial charge in [-0.2, -0.15) is 0 Å². The van der Waals surface area contributed by atoms with Gasteiger partial charge < -0.3 is 5.11 Å². The number of nitrogens with two attached hydrogens (primary N) is 1. The zero-order chi connectivity index (χ0) is 6.69. The molecule has 4 N–H and O–H groups in total. The normalized spacial score (nSPS) is 36.7. The highest BCUT2D eigenvalue weighted by atomic mass is 16.3. The van der Waals surface area contributed by atoms with Crippen LogP contribution >= 0.6 is 0 Å². The van der Waals surface area contributed by atoms with E-state index in [-0.39, 0.29) is 12.1 Å². The fourth-order valence-electron chi connectivity index (χ4n) is 1.31. The van der Waals surface area contributed by atoms with Gasteiger partial charge in [0.25, 0.3) is 0 Å². The van der Waals surface area contributed by atoms with Crippen LogP contribution in [0.4, 0.5) is 0 Å². The number of nitrogens with one attached hydrogen (secondary N) is 1. The van der Waals surface area contributed by atoms with Gasteiger partial charge in [-0.05, 0) is 12.8 Å². The van der Waals surface area contributed by atoms with Crippen LogP contribution in [0.3, 0.4) is 0 Å². The minimum Gasteiger partial charge on any atom is -0.391 e. The minimum absolute atomic E-state index is 0.138. The molecule has 0 bridgehead atoms. The molecule has 0 unspecified atom stereocenters. The van der Waals surface area contributed by atoms with E-state index in [1.807, 2.05) is 0 Å². The van der Waals surface area contributed by atoms with E-state index in [1.165, 1.54) is 6.42 Å². The van der Waals surface area contributed by atoms with Gasteiger partial charge in [0.2, 0.25) is 0 Å². The number of aliphatic hydroxyl groups excluding tert-OH is 1. The number of rotatable bonds is 1. The van der Waals surface area contributed by atoms with Crippen LogP contribution in [0.15, 0.2) is 0 Å². The van der Waals surface area contributed by atoms with Gasteiger partial charge in [-0.15, -0.1) is 0 Å². The first-order valence-electron chi connectivity index (χ1n) is 3.49. The van der Waals surface area contributed by atoms with Gasteiger partial charge in [0, 0.05) is 6.04 Å². The van der Waals surface area contributed by atoms with Crippen LogP contribution in [0.5, 0.6) is 0 Å². The van der Waals surface area contributed by atoms with Crippen LogP contribution in [0.2, 0.25) is 0 Å². The van der Waals surface area contributed by atoms with E-state index in [0.717, 1.165) is 19.3 Å². The van der Waals surface area contributed by atoms with Gasteiger partial charge in [-0.1, -0.05) is 12.8 Å². The largest absolute Gasteiger partial charge is 0.391 e. The lowest BCUT2D eigenvalue weighted by atomic mass is 9.93. The average Bonchev–Trinajstić information content (AvgIpc) is 1.89. The Balaban J connectivity index is 2.30. The monoisotopic (exact) mass is 130 g/mol. The zero-order valence-electron chi connectivity index (χ0n) is 5.51. The summed E-state index contributed by atoms with van der Waals surface area (Å²) in [5.74, 6) is 5.18. The van der Waals surface area contributed by atoms with Crippen molar-refractivity contribution in [3.05, 3.63) is 0 Å². The summed E-state index contributed by atoms with van der Waals surface area (Å²) in [5.41, 5.74) is 2.60. The number of hydrogen-bond donors (Lipinski definition) is 3. The molecule has 1 fully saturated rings. The second-order valence-electron chi connectivity index (χ2n) is 2.62. The molecule has 1 aliphatic rings. The average molecular weight is 130 g/mol. The standard InChI is InChI=1S/C6H14N2O/c7-8-5-3-1-2-4-6(5)9/h5-6,8-9H,1-4,7H2/t5-,6-/m0/s1. The van der Waals surface area contributed by atoms with Crippen LogP contribution in [0.25, 0.3) is 0 Å². The second-order valence-corrected chi connectivity index (χ2v) is 2.62. The van der Waals surface area contributed by atoms with E-state index in [1.54, 1.807) is 0 Å². The maximum Gasteiger partial charge on any atom is 0.0706 e. The highest BCUT2D eigenvalue weighted by Crippen LogP contribution is 2.17. The Morgan fingerprint density at radius 1 is 1.33 bits per heavy atom. The minimum atomic E-state index is -0.219. The van der Waals surface area contributed by atoms with E-state index >= 15 is 0 Å². The van der Waals surface area contributed by atoms with Gasteiger partial charge >= 0.3 is 0 Å². The van der Waals surface area contributed by atoms with Crippen LogP contribution < -0.4 is 11.3 Å². The van der Waals surface area contributed by atoms with E-state index in [2.05, 4.69) is 5.43 Å². The fourth-order valence-corrected chi connectivity index (χ4v) is 1.31. The first-order valence-corrected chi connectivity index (χ1v) is 3.49. The highest BCUT2D eigenvalue weighted by molar-refractivity contribution is 4.77. The third kappa shape index (κ3) is 1.64. The van der Waals surface area contributed by atoms with Crippen molar-refractivity contribution in [3.8, 4) is 0 Å². The molecule has 0 heterocycles. The molecule has 0 aromatic carbocycles. The molecule has 1 rings (SSSR count). The number of hydrogen-bond acceptors (Lipinski definition) is 3. The van der Waals surface area contributed by atoms with Crippen LogP contribution in [-0.4, -0.2) is 17.3 Å². The summed E-state index contributed by atoms with van der Waals surface area (Å²) in [7, 11) is 0. The van der Waals surface area contributed by atoms with Gasteiger partial charge in [-0.25, -0.2) is 0 Å². The molecule has 0 saturated heterocycles. The van der Waals surface area contributed by atoms with E-state index in [9.17, 15) is 5.11 Å². The van der Waals surface area contributed by atoms with Gasteiger partial charge in [-0.3, -0.25) is 11.3 Å². The van der Waals surface area contributed by atoms with E-state index in [4.69, 9.17) is 5.84 Å². The maximum absolute atomic E-state index is 9.23. The highest BCUT2D eigenvalue weighted by Gasteiger charge is 2.20. The maximum atomic E-state index is 9.23. The zero-order valence-corrected chi connectivity index (χ0v) is 5.51. The number of hydrazine groups is 1. The summed E-state index contributed by atoms with van der Waals surface area (Å²) in [6, 6.07) is 0.138. The van der Waals surface area contributed by atoms with E-state index < -0.39 is 0 Å². The summed E-state index contributed by atoms with van der Waals surface area (Å²) in [6.07, 6.45) is 4.02. The molecule has 0 radical (unpaired) electrons. The Bertz CT molecular complexity index is 87.1. The summed E-state index contributed by atoms with van der Waals surface area (Å²) in [6.45, 7) is 0. The van der Waals surface area contributed by atoms with Crippen molar-refractivity contribution < 1.29 is 5.11 Å². The quantitative estimate of drug-likeness (QED) is 0.339. The van der Waals surface area contributed by atoms with Crippen molar-refractivity contribution in [2.75, 3.05) is 0 Å². The predicted molar refractivity (Wildman–Crippen MR) is 35.6 cm³/mol. The van der Waals surface area contributed by atoms with Crippen molar-refractivity contribution in [1.82, 2.24) is 5.43 Å². The molecule has 3 nitrogen and oxygen atoms in total. The smallest absolute Gasteiger partial charge is 0.0706 e. The molecular weight excluding hydrogens is 116 g/mol. The molecule has 9 heavy (non-hydrogen) atoms. The second kappa shape index (κ2) is 3.15.